The van der Waals surface area contributed by atoms with Crippen molar-refractivity contribution in [1.82, 2.24) is 9.78 Å². The highest BCUT2D eigenvalue weighted by atomic mass is 79.9. The third-order valence-corrected chi connectivity index (χ3v) is 5.31. The molecule has 1 aromatic rings. The molecule has 3 nitrogen and oxygen atoms in total. The third-order valence-electron chi connectivity index (χ3n) is 4.39. The fourth-order valence-electron chi connectivity index (χ4n) is 2.96. The lowest BCUT2D eigenvalue weighted by Gasteiger charge is -2.38. The molecule has 0 bridgehead atoms. The lowest BCUT2D eigenvalue weighted by molar-refractivity contribution is -0.0419. The van der Waals surface area contributed by atoms with Gasteiger partial charge in [0.2, 0.25) is 0 Å². The molecule has 2 unspecified atom stereocenters. The van der Waals surface area contributed by atoms with Crippen LogP contribution in [0.5, 0.6) is 0 Å². The minimum Gasteiger partial charge on any atom is -0.389 e. The quantitative estimate of drug-likeness (QED) is 0.930. The first-order valence-electron chi connectivity index (χ1n) is 6.90. The number of hydrogen-bond acceptors (Lipinski definition) is 2. The second kappa shape index (κ2) is 5.33. The van der Waals surface area contributed by atoms with Gasteiger partial charge < -0.3 is 5.11 Å². The molecular weight excluding hydrogens is 292 g/mol. The Morgan fingerprint density at radius 3 is 2.78 bits per heavy atom. The van der Waals surface area contributed by atoms with Crippen LogP contribution in [0.1, 0.15) is 50.9 Å². The summed E-state index contributed by atoms with van der Waals surface area (Å²) in [6.45, 7) is 4.28. The number of rotatable bonds is 3. The summed E-state index contributed by atoms with van der Waals surface area (Å²) in [5.74, 6) is 0.373. The molecule has 102 valence electrons. The van der Waals surface area contributed by atoms with Crippen molar-refractivity contribution in [2.24, 2.45) is 13.0 Å². The van der Waals surface area contributed by atoms with Crippen LogP contribution >= 0.6 is 15.9 Å². The zero-order valence-corrected chi connectivity index (χ0v) is 13.1. The molecule has 1 heterocycles. The first-order valence-corrected chi connectivity index (χ1v) is 7.70. The van der Waals surface area contributed by atoms with Crippen LogP contribution in [-0.2, 0) is 19.9 Å². The molecule has 1 aliphatic rings. The maximum Gasteiger partial charge on any atom is 0.0766 e. The van der Waals surface area contributed by atoms with Gasteiger partial charge in [0.1, 0.15) is 0 Å². The molecular formula is C14H23BrN2O. The summed E-state index contributed by atoms with van der Waals surface area (Å²) in [6.07, 6.45) is 6.05. The van der Waals surface area contributed by atoms with E-state index in [4.69, 9.17) is 0 Å². The van der Waals surface area contributed by atoms with E-state index in [-0.39, 0.29) is 0 Å². The minimum absolute atomic E-state index is 0.373. The maximum absolute atomic E-state index is 10.9. The Bertz CT molecular complexity index is 430. The monoisotopic (exact) mass is 314 g/mol. The van der Waals surface area contributed by atoms with Crippen molar-refractivity contribution in [3.05, 3.63) is 15.9 Å². The van der Waals surface area contributed by atoms with Crippen LogP contribution in [0.2, 0.25) is 0 Å². The molecule has 0 aliphatic heterocycles. The number of nitrogens with zero attached hydrogens (tertiary/aromatic N) is 2. The predicted octanol–water partition coefficient (Wildman–Crippen LogP) is 3.23. The van der Waals surface area contributed by atoms with Crippen LogP contribution in [0.3, 0.4) is 0 Å². The van der Waals surface area contributed by atoms with Gasteiger partial charge in [0.15, 0.2) is 0 Å². The summed E-state index contributed by atoms with van der Waals surface area (Å²) in [6, 6.07) is 0. The van der Waals surface area contributed by atoms with E-state index in [2.05, 4.69) is 34.9 Å². The molecule has 1 saturated carbocycles. The van der Waals surface area contributed by atoms with Gasteiger partial charge in [-0.2, -0.15) is 5.10 Å². The summed E-state index contributed by atoms with van der Waals surface area (Å²) >= 11 is 3.64. The number of hydrogen-bond donors (Lipinski definition) is 1. The van der Waals surface area contributed by atoms with Crippen molar-refractivity contribution in [3.8, 4) is 0 Å². The van der Waals surface area contributed by atoms with Gasteiger partial charge in [-0.3, -0.25) is 4.68 Å². The number of aryl methyl sites for hydroxylation is 2. The second-order valence-corrected chi connectivity index (χ2v) is 6.40. The van der Waals surface area contributed by atoms with E-state index in [1.54, 1.807) is 0 Å². The lowest BCUT2D eigenvalue weighted by Crippen LogP contribution is -2.41. The smallest absolute Gasteiger partial charge is 0.0766 e. The van der Waals surface area contributed by atoms with E-state index in [0.29, 0.717) is 12.3 Å². The molecule has 0 amide bonds. The van der Waals surface area contributed by atoms with Crippen LogP contribution in [0.4, 0.5) is 0 Å². The van der Waals surface area contributed by atoms with Gasteiger partial charge in [-0.25, -0.2) is 0 Å². The maximum atomic E-state index is 10.9. The van der Waals surface area contributed by atoms with Gasteiger partial charge in [0.25, 0.3) is 0 Å². The molecule has 1 aliphatic carbocycles. The summed E-state index contributed by atoms with van der Waals surface area (Å²) in [5.41, 5.74) is 1.65. The van der Waals surface area contributed by atoms with Crippen LogP contribution in [-0.4, -0.2) is 20.5 Å². The van der Waals surface area contributed by atoms with Gasteiger partial charge in [-0.05, 0) is 41.1 Å². The molecule has 0 aromatic carbocycles. The van der Waals surface area contributed by atoms with Crippen LogP contribution in [0.15, 0.2) is 4.47 Å². The van der Waals surface area contributed by atoms with Crippen molar-refractivity contribution in [2.45, 2.75) is 58.0 Å². The van der Waals surface area contributed by atoms with Gasteiger partial charge in [0, 0.05) is 13.5 Å². The first kappa shape index (κ1) is 14.1. The van der Waals surface area contributed by atoms with Gasteiger partial charge in [0.05, 0.1) is 21.5 Å². The number of halogens is 1. The molecule has 2 atom stereocenters. The Balaban J connectivity index is 2.25. The van der Waals surface area contributed by atoms with Crippen molar-refractivity contribution in [2.75, 3.05) is 0 Å². The molecule has 2 rings (SSSR count). The lowest BCUT2D eigenvalue weighted by atomic mass is 9.74. The Kier molecular flexibility index (Phi) is 4.17. The highest BCUT2D eigenvalue weighted by Gasteiger charge is 2.37. The molecule has 4 heteroatoms. The molecule has 0 spiro atoms. The SMILES string of the molecule is CCc1nn(C)c(CC2(O)CCCCC2C)c1Br. The number of aromatic nitrogens is 2. The normalized spacial score (nSPS) is 28.6. The standard InChI is InChI=1S/C14H23BrN2O/c1-4-11-13(15)12(17(3)16-11)9-14(18)8-6-5-7-10(14)2/h10,18H,4-9H2,1-3H3. The molecule has 0 saturated heterocycles. The largest absolute Gasteiger partial charge is 0.389 e. The van der Waals surface area contributed by atoms with E-state index < -0.39 is 5.60 Å². The Morgan fingerprint density at radius 2 is 2.22 bits per heavy atom. The van der Waals surface area contributed by atoms with Crippen molar-refractivity contribution in [3.63, 3.8) is 0 Å². The molecule has 18 heavy (non-hydrogen) atoms. The minimum atomic E-state index is -0.556. The average molecular weight is 315 g/mol. The third kappa shape index (κ3) is 2.50. The van der Waals surface area contributed by atoms with Crippen molar-refractivity contribution < 1.29 is 5.11 Å². The Morgan fingerprint density at radius 1 is 1.50 bits per heavy atom. The molecule has 1 N–H and O–H groups in total. The second-order valence-electron chi connectivity index (χ2n) is 5.61. The molecule has 1 fully saturated rings. The summed E-state index contributed by atoms with van der Waals surface area (Å²) in [4.78, 5) is 0. The molecule has 0 radical (unpaired) electrons. The van der Waals surface area contributed by atoms with E-state index in [1.165, 1.54) is 6.42 Å². The Labute approximate surface area is 118 Å². The van der Waals surface area contributed by atoms with Crippen LogP contribution in [0.25, 0.3) is 0 Å². The van der Waals surface area contributed by atoms with E-state index in [9.17, 15) is 5.11 Å². The van der Waals surface area contributed by atoms with Gasteiger partial charge >= 0.3 is 0 Å². The van der Waals surface area contributed by atoms with Gasteiger partial charge in [-0.1, -0.05) is 26.7 Å². The zero-order chi connectivity index (χ0) is 13.3. The summed E-state index contributed by atoms with van der Waals surface area (Å²) < 4.78 is 3.00. The average Bonchev–Trinajstić information content (AvgIpc) is 2.60. The summed E-state index contributed by atoms with van der Waals surface area (Å²) in [5, 5.41) is 15.4. The van der Waals surface area contributed by atoms with Gasteiger partial charge in [-0.15, -0.1) is 0 Å². The highest BCUT2D eigenvalue weighted by molar-refractivity contribution is 9.10. The predicted molar refractivity (Wildman–Crippen MR) is 76.6 cm³/mol. The van der Waals surface area contributed by atoms with Crippen LogP contribution < -0.4 is 0 Å². The summed E-state index contributed by atoms with van der Waals surface area (Å²) in [7, 11) is 1.97. The Hall–Kier alpha value is -0.350. The van der Waals surface area contributed by atoms with E-state index in [0.717, 1.165) is 41.5 Å². The fourth-order valence-corrected chi connectivity index (χ4v) is 3.72. The topological polar surface area (TPSA) is 38.0 Å². The highest BCUT2D eigenvalue weighted by Crippen LogP contribution is 2.37. The van der Waals surface area contributed by atoms with Crippen molar-refractivity contribution >= 4 is 15.9 Å². The van der Waals surface area contributed by atoms with Crippen LogP contribution in [0, 0.1) is 5.92 Å². The molecule has 1 aromatic heterocycles. The van der Waals surface area contributed by atoms with Crippen molar-refractivity contribution in [1.29, 1.82) is 0 Å². The zero-order valence-electron chi connectivity index (χ0n) is 11.5. The van der Waals surface area contributed by atoms with E-state index >= 15 is 0 Å². The number of aliphatic hydroxyl groups is 1. The van der Waals surface area contributed by atoms with E-state index in [1.807, 2.05) is 11.7 Å². The first-order chi connectivity index (χ1) is 8.48. The fraction of sp³-hybridized carbons (Fsp3) is 0.786.